The molecule has 2 aromatic carbocycles. The molecule has 0 spiro atoms. The molecule has 1 atom stereocenters. The number of nitriles is 1. The zero-order chi connectivity index (χ0) is 15.1. The van der Waals surface area contributed by atoms with Crippen LogP contribution in [0.1, 0.15) is 18.1 Å². The maximum absolute atomic E-state index is 10.4. The van der Waals surface area contributed by atoms with Gasteiger partial charge in [-0.1, -0.05) is 30.3 Å². The number of rotatable bonds is 6. The average Bonchev–Trinajstić information content (AvgIpc) is 2.52. The number of hydrogen-bond donors (Lipinski definition) is 2. The fourth-order valence-electron chi connectivity index (χ4n) is 2.18. The quantitative estimate of drug-likeness (QED) is 0.798. The van der Waals surface area contributed by atoms with Gasteiger partial charge in [-0.2, -0.15) is 5.26 Å². The number of aliphatic hydroxyl groups is 1. The number of para-hydroxylation sites is 1. The number of anilines is 2. The maximum atomic E-state index is 10.4. The van der Waals surface area contributed by atoms with Crippen molar-refractivity contribution in [1.29, 1.82) is 5.26 Å². The van der Waals surface area contributed by atoms with Crippen molar-refractivity contribution in [2.75, 3.05) is 23.7 Å². The molecule has 108 valence electrons. The lowest BCUT2D eigenvalue weighted by atomic mass is 10.1. The summed E-state index contributed by atoms with van der Waals surface area (Å²) in [5, 5.41) is 19.2. The second-order valence-corrected chi connectivity index (χ2v) is 4.87. The summed E-state index contributed by atoms with van der Waals surface area (Å²) in [7, 11) is 0. The molecule has 21 heavy (non-hydrogen) atoms. The molecule has 0 radical (unpaired) electrons. The first-order valence-electron chi connectivity index (χ1n) is 6.91. The molecule has 1 unspecified atom stereocenters. The second kappa shape index (κ2) is 7.32. The van der Waals surface area contributed by atoms with Crippen molar-refractivity contribution < 1.29 is 5.11 Å². The minimum atomic E-state index is -0.621. The monoisotopic (exact) mass is 281 g/mol. The Bertz CT molecular complexity index is 590. The lowest BCUT2D eigenvalue weighted by Gasteiger charge is -2.26. The van der Waals surface area contributed by atoms with Crippen molar-refractivity contribution in [3.05, 3.63) is 60.2 Å². The molecule has 4 nitrogen and oxygen atoms in total. The Balaban J connectivity index is 2.11. The third-order valence-corrected chi connectivity index (χ3v) is 3.33. The number of nitrogen functional groups attached to an aromatic ring is 1. The Morgan fingerprint density at radius 2 is 1.76 bits per heavy atom. The third kappa shape index (κ3) is 4.23. The predicted octanol–water partition coefficient (Wildman–Crippen LogP) is 2.72. The topological polar surface area (TPSA) is 73.3 Å². The van der Waals surface area contributed by atoms with Crippen LogP contribution in [0.5, 0.6) is 0 Å². The Morgan fingerprint density at radius 1 is 1.10 bits per heavy atom. The van der Waals surface area contributed by atoms with E-state index in [1.807, 2.05) is 47.4 Å². The van der Waals surface area contributed by atoms with Crippen LogP contribution in [0.2, 0.25) is 0 Å². The van der Waals surface area contributed by atoms with Crippen LogP contribution < -0.4 is 10.6 Å². The van der Waals surface area contributed by atoms with Crippen LogP contribution >= 0.6 is 0 Å². The van der Waals surface area contributed by atoms with Gasteiger partial charge in [-0.05, 0) is 29.8 Å². The molecule has 2 rings (SSSR count). The predicted molar refractivity (Wildman–Crippen MR) is 84.7 cm³/mol. The summed E-state index contributed by atoms with van der Waals surface area (Å²) in [6, 6.07) is 19.2. The average molecular weight is 281 g/mol. The van der Waals surface area contributed by atoms with Crippen molar-refractivity contribution in [1.82, 2.24) is 0 Å². The summed E-state index contributed by atoms with van der Waals surface area (Å²) in [5.41, 5.74) is 8.16. The molecule has 0 heterocycles. The number of benzene rings is 2. The molecule has 2 aromatic rings. The van der Waals surface area contributed by atoms with Crippen molar-refractivity contribution in [3.8, 4) is 6.07 Å². The van der Waals surface area contributed by atoms with Crippen molar-refractivity contribution in [3.63, 3.8) is 0 Å². The highest BCUT2D eigenvalue weighted by molar-refractivity contribution is 5.47. The van der Waals surface area contributed by atoms with E-state index in [0.29, 0.717) is 25.2 Å². The molecule has 0 aliphatic rings. The van der Waals surface area contributed by atoms with Gasteiger partial charge in [-0.15, -0.1) is 0 Å². The fourth-order valence-corrected chi connectivity index (χ4v) is 2.18. The zero-order valence-electron chi connectivity index (χ0n) is 11.8. The van der Waals surface area contributed by atoms with Crippen LogP contribution in [-0.4, -0.2) is 18.2 Å². The van der Waals surface area contributed by atoms with E-state index in [2.05, 4.69) is 6.07 Å². The van der Waals surface area contributed by atoms with Gasteiger partial charge >= 0.3 is 0 Å². The Hall–Kier alpha value is -2.51. The normalized spacial score (nSPS) is 11.6. The Kier molecular flexibility index (Phi) is 5.19. The SMILES string of the molecule is N#CCCN(CC(O)c1ccc(N)cc1)c1ccccc1. The van der Waals surface area contributed by atoms with Gasteiger partial charge in [-0.25, -0.2) is 0 Å². The molecule has 4 heteroatoms. The molecule has 0 saturated carbocycles. The maximum Gasteiger partial charge on any atom is 0.0964 e. The zero-order valence-corrected chi connectivity index (χ0v) is 11.8. The molecule has 0 bridgehead atoms. The molecular weight excluding hydrogens is 262 g/mol. The van der Waals surface area contributed by atoms with Gasteiger partial charge < -0.3 is 15.7 Å². The van der Waals surface area contributed by atoms with E-state index in [1.54, 1.807) is 12.1 Å². The van der Waals surface area contributed by atoms with Crippen LogP contribution in [0.25, 0.3) is 0 Å². The Labute approximate surface area is 125 Å². The summed E-state index contributed by atoms with van der Waals surface area (Å²) in [6.07, 6.45) is -0.201. The first kappa shape index (κ1) is 14.9. The lowest BCUT2D eigenvalue weighted by molar-refractivity contribution is 0.183. The summed E-state index contributed by atoms with van der Waals surface area (Å²) < 4.78 is 0. The number of nitrogens with two attached hydrogens (primary N) is 1. The summed E-state index contributed by atoms with van der Waals surface area (Å²) >= 11 is 0. The van der Waals surface area contributed by atoms with E-state index < -0.39 is 6.10 Å². The van der Waals surface area contributed by atoms with E-state index in [4.69, 9.17) is 11.0 Å². The highest BCUT2D eigenvalue weighted by Gasteiger charge is 2.14. The largest absolute Gasteiger partial charge is 0.399 e. The number of aliphatic hydroxyl groups excluding tert-OH is 1. The fraction of sp³-hybridized carbons (Fsp3) is 0.235. The van der Waals surface area contributed by atoms with E-state index in [-0.39, 0.29) is 0 Å². The van der Waals surface area contributed by atoms with Crippen LogP contribution in [-0.2, 0) is 0 Å². The minimum Gasteiger partial charge on any atom is -0.399 e. The summed E-state index contributed by atoms with van der Waals surface area (Å²) in [4.78, 5) is 2.02. The van der Waals surface area contributed by atoms with Gasteiger partial charge in [0.2, 0.25) is 0 Å². The first-order chi connectivity index (χ1) is 10.2. The van der Waals surface area contributed by atoms with Crippen LogP contribution in [0.4, 0.5) is 11.4 Å². The first-order valence-corrected chi connectivity index (χ1v) is 6.91. The standard InChI is InChI=1S/C17H19N3O/c18-11-4-12-20(16-5-2-1-3-6-16)13-17(21)14-7-9-15(19)10-8-14/h1-3,5-10,17,21H,4,12-13,19H2. The highest BCUT2D eigenvalue weighted by atomic mass is 16.3. The van der Waals surface area contributed by atoms with Gasteiger partial charge in [0, 0.05) is 24.5 Å². The van der Waals surface area contributed by atoms with Crippen LogP contribution in [0, 0.1) is 11.3 Å². The Morgan fingerprint density at radius 3 is 2.38 bits per heavy atom. The molecule has 0 fully saturated rings. The van der Waals surface area contributed by atoms with Crippen molar-refractivity contribution >= 4 is 11.4 Å². The van der Waals surface area contributed by atoms with Gasteiger partial charge in [0.15, 0.2) is 0 Å². The molecule has 3 N–H and O–H groups in total. The van der Waals surface area contributed by atoms with Crippen LogP contribution in [0.15, 0.2) is 54.6 Å². The molecule has 0 aliphatic carbocycles. The van der Waals surface area contributed by atoms with Gasteiger partial charge in [0.05, 0.1) is 18.6 Å². The molecule has 0 saturated heterocycles. The molecule has 0 amide bonds. The molecular formula is C17H19N3O. The van der Waals surface area contributed by atoms with Gasteiger partial charge in [0.1, 0.15) is 0 Å². The summed E-state index contributed by atoms with van der Waals surface area (Å²) in [6.45, 7) is 1.03. The smallest absolute Gasteiger partial charge is 0.0964 e. The van der Waals surface area contributed by atoms with E-state index in [0.717, 1.165) is 11.3 Å². The number of nitrogens with zero attached hydrogens (tertiary/aromatic N) is 2. The molecule has 0 aliphatic heterocycles. The lowest BCUT2D eigenvalue weighted by Crippen LogP contribution is -2.29. The number of hydrogen-bond acceptors (Lipinski definition) is 4. The third-order valence-electron chi connectivity index (χ3n) is 3.33. The minimum absolute atomic E-state index is 0.420. The van der Waals surface area contributed by atoms with Crippen LogP contribution in [0.3, 0.4) is 0 Å². The van der Waals surface area contributed by atoms with Gasteiger partial charge in [0.25, 0.3) is 0 Å². The van der Waals surface area contributed by atoms with Crippen molar-refractivity contribution in [2.24, 2.45) is 0 Å². The van der Waals surface area contributed by atoms with Crippen molar-refractivity contribution in [2.45, 2.75) is 12.5 Å². The van der Waals surface area contributed by atoms with E-state index >= 15 is 0 Å². The highest BCUT2D eigenvalue weighted by Crippen LogP contribution is 2.20. The second-order valence-electron chi connectivity index (χ2n) is 4.87. The molecule has 0 aromatic heterocycles. The van der Waals surface area contributed by atoms with E-state index in [9.17, 15) is 5.11 Å². The van der Waals surface area contributed by atoms with Gasteiger partial charge in [-0.3, -0.25) is 0 Å². The summed E-state index contributed by atoms with van der Waals surface area (Å²) in [5.74, 6) is 0. The van der Waals surface area contributed by atoms with E-state index in [1.165, 1.54) is 0 Å².